The number of hydrogen-bond donors (Lipinski definition) is 1. The fraction of sp³-hybridized carbons (Fsp3) is 0.136. The first kappa shape index (κ1) is 21.8. The van der Waals surface area contributed by atoms with Crippen LogP contribution in [0, 0.1) is 6.92 Å². The number of aryl methyl sites for hydroxylation is 1. The van der Waals surface area contributed by atoms with E-state index >= 15 is 0 Å². The summed E-state index contributed by atoms with van der Waals surface area (Å²) in [7, 11) is -3.67. The van der Waals surface area contributed by atoms with E-state index in [1.807, 2.05) is 25.1 Å². The van der Waals surface area contributed by atoms with Gasteiger partial charge < -0.3 is 0 Å². The molecule has 3 nitrogen and oxygen atoms in total. The smallest absolute Gasteiger partial charge is 0.261 e. The van der Waals surface area contributed by atoms with Gasteiger partial charge in [-0.2, -0.15) is 0 Å². The molecule has 0 saturated carbocycles. The van der Waals surface area contributed by atoms with E-state index in [9.17, 15) is 8.42 Å². The van der Waals surface area contributed by atoms with Crippen molar-refractivity contribution in [2.24, 2.45) is 0 Å². The average molecular weight is 464 g/mol. The van der Waals surface area contributed by atoms with Gasteiger partial charge in [0.15, 0.2) is 0 Å². The van der Waals surface area contributed by atoms with Crippen LogP contribution in [0.2, 0.25) is 10.0 Å². The molecule has 1 N–H and O–H groups in total. The second-order valence-corrected chi connectivity index (χ2v) is 9.84. The Morgan fingerprint density at radius 1 is 0.897 bits per heavy atom. The second kappa shape index (κ2) is 9.26. The van der Waals surface area contributed by atoms with Gasteiger partial charge >= 0.3 is 0 Å². The van der Waals surface area contributed by atoms with Crippen LogP contribution in [0.1, 0.15) is 16.7 Å². The first-order valence-corrected chi connectivity index (χ1v) is 11.5. The lowest BCUT2D eigenvalue weighted by molar-refractivity contribution is 0.601. The minimum atomic E-state index is -3.67. The fourth-order valence-electron chi connectivity index (χ4n) is 2.78. The molecule has 3 aromatic rings. The normalized spacial score (nSPS) is 11.3. The van der Waals surface area contributed by atoms with Crippen molar-refractivity contribution in [1.82, 2.24) is 0 Å². The van der Waals surface area contributed by atoms with Crippen LogP contribution in [0.5, 0.6) is 0 Å². The number of anilines is 1. The van der Waals surface area contributed by atoms with Gasteiger partial charge in [0.25, 0.3) is 10.0 Å². The third-order valence-electron chi connectivity index (χ3n) is 4.37. The van der Waals surface area contributed by atoms with Crippen LogP contribution in [-0.2, 0) is 22.9 Å². The molecule has 7 heteroatoms. The molecule has 0 spiro atoms. The Hall–Kier alpha value is -1.92. The molecule has 150 valence electrons. The van der Waals surface area contributed by atoms with E-state index < -0.39 is 10.0 Å². The van der Waals surface area contributed by atoms with Gasteiger partial charge in [-0.3, -0.25) is 4.72 Å². The molecule has 0 amide bonds. The third-order valence-corrected chi connectivity index (χ3v) is 6.71. The Morgan fingerprint density at radius 3 is 2.10 bits per heavy atom. The van der Waals surface area contributed by atoms with E-state index in [1.165, 1.54) is 0 Å². The van der Waals surface area contributed by atoms with E-state index in [1.54, 1.807) is 48.5 Å². The van der Waals surface area contributed by atoms with Crippen molar-refractivity contribution < 1.29 is 8.42 Å². The third kappa shape index (κ3) is 6.03. The summed E-state index contributed by atoms with van der Waals surface area (Å²) in [6.07, 6.45) is 1.24. The first-order valence-electron chi connectivity index (χ1n) is 8.87. The lowest BCUT2D eigenvalue weighted by Crippen LogP contribution is -2.13. The minimum Gasteiger partial charge on any atom is -0.280 e. The van der Waals surface area contributed by atoms with Gasteiger partial charge in [-0.1, -0.05) is 59.7 Å². The number of nitrogens with one attached hydrogen (secondary N) is 1. The van der Waals surface area contributed by atoms with Crippen LogP contribution in [0.25, 0.3) is 0 Å². The molecule has 0 aromatic heterocycles. The molecule has 0 fully saturated rings. The maximum Gasteiger partial charge on any atom is 0.261 e. The van der Waals surface area contributed by atoms with Crippen molar-refractivity contribution in [3.05, 3.63) is 93.5 Å². The summed E-state index contributed by atoms with van der Waals surface area (Å²) in [6, 6.07) is 19.2. The van der Waals surface area contributed by atoms with Gasteiger partial charge in [0, 0.05) is 33.4 Å². The van der Waals surface area contributed by atoms with Gasteiger partial charge in [-0.15, -0.1) is 0 Å². The zero-order chi connectivity index (χ0) is 21.0. The van der Waals surface area contributed by atoms with Crippen molar-refractivity contribution in [3.8, 4) is 0 Å². The Kier molecular flexibility index (Phi) is 6.96. The van der Waals surface area contributed by atoms with Gasteiger partial charge in [0.05, 0.1) is 4.90 Å². The van der Waals surface area contributed by atoms with E-state index in [0.29, 0.717) is 23.6 Å². The number of hydrogen-bond acceptors (Lipinski definition) is 3. The zero-order valence-electron chi connectivity index (χ0n) is 15.7. The summed E-state index contributed by atoms with van der Waals surface area (Å²) in [5.41, 5.74) is 3.51. The molecule has 29 heavy (non-hydrogen) atoms. The molecule has 0 aliphatic heterocycles. The SMILES string of the molecule is Cc1ccc(CC(=S)Cc2ccc(S(=O)(=O)Nc3ccc(Cl)cc3)cc2)cc1Cl. The topological polar surface area (TPSA) is 46.2 Å². The van der Waals surface area contributed by atoms with Crippen LogP contribution >= 0.6 is 35.4 Å². The van der Waals surface area contributed by atoms with Crippen LogP contribution < -0.4 is 4.72 Å². The summed E-state index contributed by atoms with van der Waals surface area (Å²) in [4.78, 5) is 1.05. The second-order valence-electron chi connectivity index (χ2n) is 6.73. The van der Waals surface area contributed by atoms with E-state index in [-0.39, 0.29) is 4.90 Å². The summed E-state index contributed by atoms with van der Waals surface area (Å²) in [5, 5.41) is 1.27. The van der Waals surface area contributed by atoms with E-state index in [0.717, 1.165) is 26.6 Å². The monoisotopic (exact) mass is 463 g/mol. The first-order chi connectivity index (χ1) is 13.7. The summed E-state index contributed by atoms with van der Waals surface area (Å²) >= 11 is 17.5. The van der Waals surface area contributed by atoms with Crippen molar-refractivity contribution >= 4 is 56.0 Å². The van der Waals surface area contributed by atoms with Crippen LogP contribution in [-0.4, -0.2) is 13.3 Å². The molecule has 0 aliphatic carbocycles. The standard InChI is InChI=1S/C22H19Cl2NO2S2/c1-15-2-3-17(14-22(15)24)13-20(28)12-16-4-10-21(11-5-16)29(26,27)25-19-8-6-18(23)7-9-19/h2-11,14,25H,12-13H2,1H3. The minimum absolute atomic E-state index is 0.187. The van der Waals surface area contributed by atoms with Crippen molar-refractivity contribution in [2.75, 3.05) is 4.72 Å². The van der Waals surface area contributed by atoms with Crippen LogP contribution in [0.3, 0.4) is 0 Å². The van der Waals surface area contributed by atoms with Crippen LogP contribution in [0.15, 0.2) is 71.6 Å². The molecule has 0 aliphatic rings. The van der Waals surface area contributed by atoms with Gasteiger partial charge in [0.2, 0.25) is 0 Å². The van der Waals surface area contributed by atoms with Crippen LogP contribution in [0.4, 0.5) is 5.69 Å². The lowest BCUT2D eigenvalue weighted by Gasteiger charge is -2.10. The molecule has 3 aromatic carbocycles. The highest BCUT2D eigenvalue weighted by Crippen LogP contribution is 2.20. The van der Waals surface area contributed by atoms with E-state index in [4.69, 9.17) is 35.4 Å². The molecular formula is C22H19Cl2NO2S2. The Labute approximate surface area is 186 Å². The highest BCUT2D eigenvalue weighted by Gasteiger charge is 2.14. The fourth-order valence-corrected chi connectivity index (χ4v) is 4.50. The molecule has 0 saturated heterocycles. The summed E-state index contributed by atoms with van der Waals surface area (Å²) in [6.45, 7) is 1.96. The Balaban J connectivity index is 1.65. The highest BCUT2D eigenvalue weighted by atomic mass is 35.5. The van der Waals surface area contributed by atoms with Gasteiger partial charge in [-0.05, 0) is 66.1 Å². The molecule has 3 rings (SSSR count). The molecule has 0 atom stereocenters. The quantitative estimate of drug-likeness (QED) is 0.420. The van der Waals surface area contributed by atoms with Crippen molar-refractivity contribution in [2.45, 2.75) is 24.7 Å². The lowest BCUT2D eigenvalue weighted by atomic mass is 10.0. The maximum absolute atomic E-state index is 12.5. The molecule has 0 bridgehead atoms. The number of benzene rings is 3. The summed E-state index contributed by atoms with van der Waals surface area (Å²) in [5.74, 6) is 0. The number of halogens is 2. The predicted molar refractivity (Wildman–Crippen MR) is 125 cm³/mol. The Bertz CT molecular complexity index is 1130. The largest absolute Gasteiger partial charge is 0.280 e. The van der Waals surface area contributed by atoms with Gasteiger partial charge in [0.1, 0.15) is 0 Å². The number of sulfonamides is 1. The average Bonchev–Trinajstić information content (AvgIpc) is 2.67. The molecule has 0 unspecified atom stereocenters. The van der Waals surface area contributed by atoms with Gasteiger partial charge in [-0.25, -0.2) is 8.42 Å². The van der Waals surface area contributed by atoms with Crippen molar-refractivity contribution in [3.63, 3.8) is 0 Å². The highest BCUT2D eigenvalue weighted by molar-refractivity contribution is 7.92. The zero-order valence-corrected chi connectivity index (χ0v) is 18.8. The molecule has 0 radical (unpaired) electrons. The predicted octanol–water partition coefficient (Wildman–Crippen LogP) is 6.26. The Morgan fingerprint density at radius 2 is 1.48 bits per heavy atom. The molecule has 0 heterocycles. The number of rotatable bonds is 7. The number of thiocarbonyl (C=S) groups is 1. The van der Waals surface area contributed by atoms with Crippen molar-refractivity contribution in [1.29, 1.82) is 0 Å². The summed E-state index contributed by atoms with van der Waals surface area (Å²) < 4.78 is 27.6. The molecular weight excluding hydrogens is 445 g/mol. The maximum atomic E-state index is 12.5. The van der Waals surface area contributed by atoms with E-state index in [2.05, 4.69) is 4.72 Å².